The zero-order valence-corrected chi connectivity index (χ0v) is 12.9. The number of aromatic nitrogens is 2. The number of hydrogen-bond acceptors (Lipinski definition) is 4. The summed E-state index contributed by atoms with van der Waals surface area (Å²) in [7, 11) is 0. The molecule has 22 heavy (non-hydrogen) atoms. The fourth-order valence-electron chi connectivity index (χ4n) is 2.75. The fraction of sp³-hybridized carbons (Fsp3) is 0.444. The van der Waals surface area contributed by atoms with E-state index in [-0.39, 0.29) is 0 Å². The summed E-state index contributed by atoms with van der Waals surface area (Å²) in [6.45, 7) is 1.91. The van der Waals surface area contributed by atoms with Gasteiger partial charge in [-0.25, -0.2) is 0 Å². The van der Waals surface area contributed by atoms with Gasteiger partial charge in [0.05, 0.1) is 0 Å². The highest BCUT2D eigenvalue weighted by molar-refractivity contribution is 5.51. The van der Waals surface area contributed by atoms with Crippen molar-refractivity contribution in [2.24, 2.45) is 0 Å². The lowest BCUT2D eigenvalue weighted by atomic mass is 9.97. The van der Waals surface area contributed by atoms with Crippen LogP contribution in [-0.4, -0.2) is 23.3 Å². The van der Waals surface area contributed by atoms with E-state index in [9.17, 15) is 0 Å². The largest absolute Gasteiger partial charge is 0.421 e. The van der Waals surface area contributed by atoms with Crippen LogP contribution in [0.3, 0.4) is 0 Å². The van der Waals surface area contributed by atoms with E-state index in [0.29, 0.717) is 11.8 Å². The van der Waals surface area contributed by atoms with Gasteiger partial charge in [-0.2, -0.15) is 0 Å². The second-order valence-electron chi connectivity index (χ2n) is 5.73. The van der Waals surface area contributed by atoms with E-state index < -0.39 is 0 Å². The van der Waals surface area contributed by atoms with Crippen molar-refractivity contribution in [2.45, 2.75) is 38.5 Å². The van der Waals surface area contributed by atoms with Gasteiger partial charge < -0.3 is 9.73 Å². The standard InChI is InChI=1S/C18H23N3O/c1-3-7-15(8-4-1)11-13-19-14-12-17-20-21-18(22-17)16-9-5-2-6-10-16/h2,5-7,9-10,19H,1,3-4,8,11-14H2. The second-order valence-corrected chi connectivity index (χ2v) is 5.73. The molecule has 0 saturated carbocycles. The highest BCUT2D eigenvalue weighted by Crippen LogP contribution is 2.19. The van der Waals surface area contributed by atoms with Crippen molar-refractivity contribution < 1.29 is 4.42 Å². The van der Waals surface area contributed by atoms with E-state index in [2.05, 4.69) is 21.6 Å². The number of allylic oxidation sites excluding steroid dienone is 1. The van der Waals surface area contributed by atoms with Crippen LogP contribution in [0.4, 0.5) is 0 Å². The van der Waals surface area contributed by atoms with Crippen molar-refractivity contribution in [1.29, 1.82) is 0 Å². The molecule has 0 atom stereocenters. The monoisotopic (exact) mass is 297 g/mol. The van der Waals surface area contributed by atoms with E-state index in [4.69, 9.17) is 4.42 Å². The van der Waals surface area contributed by atoms with Crippen molar-refractivity contribution in [1.82, 2.24) is 15.5 Å². The van der Waals surface area contributed by atoms with Gasteiger partial charge in [-0.05, 0) is 50.8 Å². The molecule has 0 radical (unpaired) electrons. The van der Waals surface area contributed by atoms with E-state index in [1.54, 1.807) is 5.57 Å². The van der Waals surface area contributed by atoms with Gasteiger partial charge in [-0.15, -0.1) is 10.2 Å². The first kappa shape index (κ1) is 15.0. The fourth-order valence-corrected chi connectivity index (χ4v) is 2.75. The molecule has 0 unspecified atom stereocenters. The van der Waals surface area contributed by atoms with Gasteiger partial charge >= 0.3 is 0 Å². The van der Waals surface area contributed by atoms with Crippen molar-refractivity contribution >= 4 is 0 Å². The second kappa shape index (κ2) is 7.90. The topological polar surface area (TPSA) is 51.0 Å². The van der Waals surface area contributed by atoms with Gasteiger partial charge in [0, 0.05) is 18.5 Å². The predicted octanol–water partition coefficient (Wildman–Crippen LogP) is 3.76. The summed E-state index contributed by atoms with van der Waals surface area (Å²) in [5.41, 5.74) is 2.58. The molecule has 0 saturated heterocycles. The minimum absolute atomic E-state index is 0.600. The molecule has 1 aliphatic carbocycles. The Kier molecular flexibility index (Phi) is 5.37. The Morgan fingerprint density at radius 2 is 1.86 bits per heavy atom. The van der Waals surface area contributed by atoms with Crippen LogP contribution >= 0.6 is 0 Å². The summed E-state index contributed by atoms with van der Waals surface area (Å²) in [5, 5.41) is 11.7. The molecule has 0 amide bonds. The van der Waals surface area contributed by atoms with Gasteiger partial charge in [0.2, 0.25) is 11.8 Å². The molecule has 0 bridgehead atoms. The number of nitrogens with one attached hydrogen (secondary N) is 1. The number of hydrogen-bond donors (Lipinski definition) is 1. The maximum absolute atomic E-state index is 5.69. The molecule has 0 spiro atoms. The van der Waals surface area contributed by atoms with Gasteiger partial charge in [0.1, 0.15) is 0 Å². The third kappa shape index (κ3) is 4.28. The van der Waals surface area contributed by atoms with Crippen LogP contribution in [-0.2, 0) is 6.42 Å². The van der Waals surface area contributed by atoms with E-state index >= 15 is 0 Å². The Balaban J connectivity index is 1.39. The minimum atomic E-state index is 0.600. The molecule has 1 heterocycles. The zero-order valence-electron chi connectivity index (χ0n) is 12.9. The van der Waals surface area contributed by atoms with Gasteiger partial charge in [-0.3, -0.25) is 0 Å². The van der Waals surface area contributed by atoms with Crippen LogP contribution in [0.2, 0.25) is 0 Å². The molecule has 1 N–H and O–H groups in total. The first-order chi connectivity index (χ1) is 10.9. The van der Waals surface area contributed by atoms with Crippen molar-refractivity contribution in [3.63, 3.8) is 0 Å². The van der Waals surface area contributed by atoms with E-state index in [1.807, 2.05) is 30.3 Å². The summed E-state index contributed by atoms with van der Waals surface area (Å²) in [6.07, 6.45) is 9.62. The molecular weight excluding hydrogens is 274 g/mol. The summed E-state index contributed by atoms with van der Waals surface area (Å²) >= 11 is 0. The average Bonchev–Trinajstić information content (AvgIpc) is 3.05. The first-order valence-electron chi connectivity index (χ1n) is 8.18. The maximum atomic E-state index is 5.69. The molecule has 4 nitrogen and oxygen atoms in total. The van der Waals surface area contributed by atoms with Crippen molar-refractivity contribution in [2.75, 3.05) is 13.1 Å². The lowest BCUT2D eigenvalue weighted by Crippen LogP contribution is -2.19. The quantitative estimate of drug-likeness (QED) is 0.624. The number of benzene rings is 1. The molecule has 1 aromatic carbocycles. The molecule has 4 heteroatoms. The highest BCUT2D eigenvalue weighted by Gasteiger charge is 2.07. The minimum Gasteiger partial charge on any atom is -0.421 e. The Labute approximate surface area is 131 Å². The molecule has 116 valence electrons. The van der Waals surface area contributed by atoms with E-state index in [1.165, 1.54) is 32.1 Å². The molecule has 2 aromatic rings. The Hall–Kier alpha value is -1.94. The molecule has 1 aliphatic rings. The summed E-state index contributed by atoms with van der Waals surface area (Å²) in [4.78, 5) is 0. The molecule has 0 aliphatic heterocycles. The van der Waals surface area contributed by atoms with Gasteiger partial charge in [0.25, 0.3) is 0 Å². The molecule has 1 aromatic heterocycles. The average molecular weight is 297 g/mol. The molecule has 0 fully saturated rings. The van der Waals surface area contributed by atoms with Crippen LogP contribution in [0.5, 0.6) is 0 Å². The third-order valence-corrected chi connectivity index (χ3v) is 4.01. The Bertz CT molecular complexity index is 604. The summed E-state index contributed by atoms with van der Waals surface area (Å²) in [5.74, 6) is 1.30. The smallest absolute Gasteiger partial charge is 0.247 e. The van der Waals surface area contributed by atoms with Crippen LogP contribution in [0.15, 0.2) is 46.4 Å². The first-order valence-corrected chi connectivity index (χ1v) is 8.18. The molecular formula is C18H23N3O. The Morgan fingerprint density at radius 3 is 2.68 bits per heavy atom. The van der Waals surface area contributed by atoms with Crippen LogP contribution in [0.1, 0.15) is 38.0 Å². The zero-order chi connectivity index (χ0) is 15.0. The summed E-state index contributed by atoms with van der Waals surface area (Å²) in [6, 6.07) is 9.88. The normalized spacial score (nSPS) is 14.8. The third-order valence-electron chi connectivity index (χ3n) is 4.01. The van der Waals surface area contributed by atoms with Crippen LogP contribution in [0, 0.1) is 0 Å². The Morgan fingerprint density at radius 1 is 1.00 bits per heavy atom. The van der Waals surface area contributed by atoms with Crippen molar-refractivity contribution in [3.05, 3.63) is 47.9 Å². The summed E-state index contributed by atoms with van der Waals surface area (Å²) < 4.78 is 5.69. The lowest BCUT2D eigenvalue weighted by molar-refractivity contribution is 0.494. The predicted molar refractivity (Wildman–Crippen MR) is 87.5 cm³/mol. The number of rotatable bonds is 7. The SMILES string of the molecule is C1=C(CCNCCc2nnc(-c3ccccc3)o2)CCCC1. The lowest BCUT2D eigenvalue weighted by Gasteiger charge is -2.12. The van der Waals surface area contributed by atoms with Crippen molar-refractivity contribution in [3.8, 4) is 11.5 Å². The van der Waals surface area contributed by atoms with E-state index in [0.717, 1.165) is 25.1 Å². The maximum Gasteiger partial charge on any atom is 0.247 e. The van der Waals surface area contributed by atoms with Gasteiger partial charge in [-0.1, -0.05) is 29.8 Å². The highest BCUT2D eigenvalue weighted by atomic mass is 16.4. The van der Waals surface area contributed by atoms with Crippen LogP contribution < -0.4 is 5.32 Å². The number of nitrogens with zero attached hydrogens (tertiary/aromatic N) is 2. The van der Waals surface area contributed by atoms with Gasteiger partial charge in [0.15, 0.2) is 0 Å². The van der Waals surface area contributed by atoms with Crippen LogP contribution in [0.25, 0.3) is 11.5 Å². The molecule has 3 rings (SSSR count).